The highest BCUT2D eigenvalue weighted by atomic mass is 19.1. The van der Waals surface area contributed by atoms with Crippen LogP contribution in [0, 0.1) is 28.4 Å². The summed E-state index contributed by atoms with van der Waals surface area (Å²) in [5.74, 6) is -0.402. The lowest BCUT2D eigenvalue weighted by molar-refractivity contribution is -0.136. The molecule has 3 aromatic carbocycles. The van der Waals surface area contributed by atoms with Gasteiger partial charge in [-0.3, -0.25) is 29.6 Å². The first-order chi connectivity index (χ1) is 37.2. The minimum absolute atomic E-state index is 0.00951. The van der Waals surface area contributed by atoms with Gasteiger partial charge < -0.3 is 43.7 Å². The van der Waals surface area contributed by atoms with Crippen molar-refractivity contribution in [1.29, 1.82) is 0 Å². The van der Waals surface area contributed by atoms with Gasteiger partial charge in [-0.05, 0) is 141 Å². The van der Waals surface area contributed by atoms with Crippen molar-refractivity contribution < 1.29 is 47.2 Å². The summed E-state index contributed by atoms with van der Waals surface area (Å²) in [7, 11) is 1.52. The van der Waals surface area contributed by atoms with E-state index in [2.05, 4.69) is 31.1 Å². The summed E-state index contributed by atoms with van der Waals surface area (Å²) in [5.41, 5.74) is 2.64. The molecule has 2 aromatic heterocycles. The second-order valence-corrected chi connectivity index (χ2v) is 23.4. The highest BCUT2D eigenvalue weighted by Gasteiger charge is 2.50. The largest absolute Gasteiger partial charge is 0.468 e. The van der Waals surface area contributed by atoms with E-state index in [1.54, 1.807) is 36.2 Å². The summed E-state index contributed by atoms with van der Waals surface area (Å²) < 4.78 is 56.2. The number of likely N-dealkylation sites (tertiary alicyclic amines) is 1. The van der Waals surface area contributed by atoms with Crippen molar-refractivity contribution in [2.75, 3.05) is 109 Å². The molecule has 0 bridgehead atoms. The Labute approximate surface area is 447 Å². The molecule has 12 rings (SSSR count). The molecule has 408 valence electrons. The van der Waals surface area contributed by atoms with Crippen molar-refractivity contribution in [3.8, 4) is 23.0 Å². The number of benzene rings is 3. The molecule has 7 aliphatic rings. The first kappa shape index (κ1) is 51.6. The Hall–Kier alpha value is -6.12. The predicted molar refractivity (Wildman–Crippen MR) is 285 cm³/mol. The van der Waals surface area contributed by atoms with Crippen LogP contribution in [0.15, 0.2) is 48.7 Å². The van der Waals surface area contributed by atoms with Crippen LogP contribution in [-0.2, 0) is 32.0 Å². The van der Waals surface area contributed by atoms with Crippen molar-refractivity contribution in [1.82, 2.24) is 35.0 Å². The van der Waals surface area contributed by atoms with Gasteiger partial charge in [-0.1, -0.05) is 13.0 Å². The zero-order valence-electron chi connectivity index (χ0n) is 44.4. The minimum atomic E-state index is -1.20. The number of aryl methyl sites for hydroxylation is 1. The van der Waals surface area contributed by atoms with Crippen LogP contribution in [0.2, 0.25) is 0 Å². The number of nitrogens with zero attached hydrogens (tertiary/aromatic N) is 8. The number of rotatable bonds is 15. The van der Waals surface area contributed by atoms with Gasteiger partial charge in [0.2, 0.25) is 11.8 Å². The molecule has 2 aliphatic carbocycles. The van der Waals surface area contributed by atoms with E-state index in [-0.39, 0.29) is 66.7 Å². The van der Waals surface area contributed by atoms with Gasteiger partial charge in [0.05, 0.1) is 31.8 Å². The van der Waals surface area contributed by atoms with E-state index in [0.717, 1.165) is 76.5 Å². The number of β-amino-alcohol motifs (C(OH)–C–C–N with tert-alkyl or cyclic N) is 1. The van der Waals surface area contributed by atoms with Crippen LogP contribution in [-0.4, -0.2) is 163 Å². The molecule has 2 saturated carbocycles. The van der Waals surface area contributed by atoms with Crippen LogP contribution in [0.5, 0.6) is 11.8 Å². The number of amides is 3. The van der Waals surface area contributed by atoms with Crippen LogP contribution >= 0.6 is 0 Å². The van der Waals surface area contributed by atoms with Crippen LogP contribution in [0.1, 0.15) is 86.7 Å². The zero-order valence-corrected chi connectivity index (χ0v) is 44.4. The summed E-state index contributed by atoms with van der Waals surface area (Å²) in [4.78, 5) is 63.0. The van der Waals surface area contributed by atoms with Gasteiger partial charge in [0.25, 0.3) is 5.91 Å². The number of carbonyl (C=O) groups excluding carboxylic acids is 3. The summed E-state index contributed by atoms with van der Waals surface area (Å²) >= 11 is 0. The summed E-state index contributed by atoms with van der Waals surface area (Å²) in [6.07, 6.45) is 9.47. The second kappa shape index (κ2) is 20.6. The fraction of sp³-hybridized carbons (Fsp3) is 0.552. The molecule has 5 aliphatic heterocycles. The van der Waals surface area contributed by atoms with E-state index in [1.165, 1.54) is 38.9 Å². The van der Waals surface area contributed by atoms with Crippen LogP contribution in [0.25, 0.3) is 32.9 Å². The molecular formula is C58H69F2N9O8. The number of pyridine rings is 1. The van der Waals surface area contributed by atoms with Crippen LogP contribution < -0.4 is 24.6 Å². The number of methoxy groups -OCH3 is 1. The number of aromatic nitrogens is 3. The molecule has 4 saturated heterocycles. The number of piperidine rings is 2. The Kier molecular flexibility index (Phi) is 13.8. The average Bonchev–Trinajstić information content (AvgIpc) is 4.14. The lowest BCUT2D eigenvalue weighted by atomic mass is 9.57. The van der Waals surface area contributed by atoms with E-state index in [9.17, 15) is 19.5 Å². The van der Waals surface area contributed by atoms with E-state index < -0.39 is 23.3 Å². The van der Waals surface area contributed by atoms with E-state index in [1.807, 2.05) is 24.0 Å². The highest BCUT2D eigenvalue weighted by molar-refractivity contribution is 6.06. The molecule has 5 aromatic rings. The number of ether oxygens (including phenoxy) is 4. The fourth-order valence-corrected chi connectivity index (χ4v) is 13.3. The van der Waals surface area contributed by atoms with Gasteiger partial charge in [0, 0.05) is 94.3 Å². The molecule has 77 heavy (non-hydrogen) atoms. The third-order valence-electron chi connectivity index (χ3n) is 17.6. The van der Waals surface area contributed by atoms with Gasteiger partial charge in [0.15, 0.2) is 12.6 Å². The number of imide groups is 1. The van der Waals surface area contributed by atoms with Crippen LogP contribution in [0.4, 0.5) is 20.3 Å². The molecule has 6 fully saturated rings. The van der Waals surface area contributed by atoms with Crippen molar-refractivity contribution >= 4 is 50.9 Å². The third-order valence-corrected chi connectivity index (χ3v) is 17.6. The van der Waals surface area contributed by atoms with Crippen molar-refractivity contribution in [2.24, 2.45) is 16.7 Å². The van der Waals surface area contributed by atoms with Gasteiger partial charge in [-0.25, -0.2) is 8.78 Å². The maximum Gasteiger partial charge on any atom is 0.319 e. The fourth-order valence-electron chi connectivity index (χ4n) is 13.3. The van der Waals surface area contributed by atoms with Gasteiger partial charge in [0.1, 0.15) is 40.2 Å². The average molecular weight is 1060 g/mol. The van der Waals surface area contributed by atoms with E-state index in [0.29, 0.717) is 94.9 Å². The Morgan fingerprint density at radius 3 is 2.45 bits per heavy atom. The second-order valence-electron chi connectivity index (χ2n) is 23.4. The van der Waals surface area contributed by atoms with Crippen molar-refractivity contribution in [2.45, 2.75) is 89.8 Å². The third kappa shape index (κ3) is 10.3. The zero-order chi connectivity index (χ0) is 53.2. The number of hydrogen-bond donors (Lipinski definition) is 2. The molecule has 19 heteroatoms. The smallest absolute Gasteiger partial charge is 0.319 e. The summed E-state index contributed by atoms with van der Waals surface area (Å²) in [6, 6.07) is 12.0. The van der Waals surface area contributed by atoms with Gasteiger partial charge in [-0.2, -0.15) is 9.97 Å². The number of fused-ring (bicyclic) bond motifs is 3. The summed E-state index contributed by atoms with van der Waals surface area (Å²) in [6.45, 7) is 13.3. The number of piperazine rings is 1. The normalized spacial score (nSPS) is 23.8. The number of carbonyl (C=O) groups is 3. The monoisotopic (exact) mass is 1060 g/mol. The number of nitrogens with one attached hydrogen (secondary N) is 1. The summed E-state index contributed by atoms with van der Waals surface area (Å²) in [5, 5.41) is 15.2. The number of halogens is 2. The number of aliphatic hydroxyl groups is 1. The Morgan fingerprint density at radius 2 is 1.70 bits per heavy atom. The number of anilines is 2. The molecule has 0 radical (unpaired) electrons. The molecule has 0 unspecified atom stereocenters. The van der Waals surface area contributed by atoms with Gasteiger partial charge >= 0.3 is 6.01 Å². The number of hydrogen-bond acceptors (Lipinski definition) is 15. The Morgan fingerprint density at radius 1 is 0.896 bits per heavy atom. The van der Waals surface area contributed by atoms with Crippen molar-refractivity contribution in [3.63, 3.8) is 0 Å². The van der Waals surface area contributed by atoms with E-state index >= 15 is 8.78 Å². The topological polar surface area (TPSA) is 175 Å². The maximum atomic E-state index is 17.5. The van der Waals surface area contributed by atoms with Crippen molar-refractivity contribution in [3.05, 3.63) is 77.0 Å². The lowest BCUT2D eigenvalue weighted by Gasteiger charge is -2.54. The van der Waals surface area contributed by atoms with E-state index in [4.69, 9.17) is 28.9 Å². The Balaban J connectivity index is 0.676. The van der Waals surface area contributed by atoms with Gasteiger partial charge in [-0.15, -0.1) is 0 Å². The Bertz CT molecular complexity index is 3110. The lowest BCUT2D eigenvalue weighted by Crippen LogP contribution is -2.53. The van der Waals surface area contributed by atoms with Crippen LogP contribution in [0.3, 0.4) is 0 Å². The molecule has 1 spiro atoms. The maximum absolute atomic E-state index is 17.5. The predicted octanol–water partition coefficient (Wildman–Crippen LogP) is 6.49. The molecule has 7 heterocycles. The standard InChI is InChI=1S/C58H69F2N9O8/c1-4-41-45(59)8-5-37-24-40(77-35-74-3)25-43(48(37)41)50-49(60)51-44(28-61-50)52(68-21-22-75-33-56(2,73)31-68)64-55(63-51)76-34-58(11-12-58)32-66-15-13-57(14-16-66)26-36(27-57)29-65-17-19-67(20-18-65)39-6-7-42-38(23-39)30-69(54(42)72)46-9-10-47(70)62-53(46)71/h5-8,23-25,28,36,46,73H,4,9-22,26-27,29-35H2,1-3H3,(H,62,70,71)/t46-,56-/m0/s1. The first-order valence-electron chi connectivity index (χ1n) is 27.6. The molecule has 2 N–H and O–H groups in total. The molecule has 3 amide bonds. The minimum Gasteiger partial charge on any atom is -0.468 e. The first-order valence-corrected chi connectivity index (χ1v) is 27.6. The molecule has 17 nitrogen and oxygen atoms in total. The molecule has 2 atom stereocenters. The molecular weight excluding hydrogens is 989 g/mol. The SMILES string of the molecule is CCc1c(F)ccc2cc(OCOC)cc(-c3ncc4c(N5CCOC[C@@](C)(O)C5)nc(OCC5(CN6CCC7(CC6)CC(CN6CCN(c8ccc9c(c8)CN([C@H]8CCC(=O)NC8=O)C9=O)CC6)C7)CC5)nc4c3F)c12. The quantitative estimate of drug-likeness (QED) is 0.0860. The highest BCUT2D eigenvalue weighted by Crippen LogP contribution is 2.54.